The molecule has 5 heteroatoms. The molecule has 0 bridgehead atoms. The molecule has 31 heavy (non-hydrogen) atoms. The average molecular weight is 415 g/mol. The summed E-state index contributed by atoms with van der Waals surface area (Å²) in [5.41, 5.74) is 5.29. The van der Waals surface area contributed by atoms with E-state index in [0.717, 1.165) is 53.0 Å². The molecule has 158 valence electrons. The lowest BCUT2D eigenvalue weighted by molar-refractivity contribution is -0.118. The minimum atomic E-state index is -0.520. The van der Waals surface area contributed by atoms with E-state index in [1.54, 1.807) is 0 Å². The fourth-order valence-corrected chi connectivity index (χ4v) is 4.35. The second kappa shape index (κ2) is 7.75. The van der Waals surface area contributed by atoms with Gasteiger partial charge in [0.25, 0.3) is 0 Å². The summed E-state index contributed by atoms with van der Waals surface area (Å²) in [4.78, 5) is 13.3. The van der Waals surface area contributed by atoms with Crippen LogP contribution in [0.25, 0.3) is 11.1 Å². The zero-order valence-corrected chi connectivity index (χ0v) is 17.5. The van der Waals surface area contributed by atoms with Gasteiger partial charge in [0.15, 0.2) is 11.5 Å². The summed E-state index contributed by atoms with van der Waals surface area (Å²) in [5.74, 6) is 1.42. The summed E-state index contributed by atoms with van der Waals surface area (Å²) < 4.78 is 10.9. The molecule has 3 aromatic carbocycles. The third-order valence-corrected chi connectivity index (χ3v) is 6.34. The van der Waals surface area contributed by atoms with E-state index in [4.69, 9.17) is 9.47 Å². The van der Waals surface area contributed by atoms with E-state index in [9.17, 15) is 9.90 Å². The fourth-order valence-electron chi connectivity index (χ4n) is 4.35. The molecule has 2 N–H and O–H groups in total. The number of rotatable bonds is 6. The van der Waals surface area contributed by atoms with Crippen LogP contribution in [0.15, 0.2) is 60.7 Å². The van der Waals surface area contributed by atoms with Crippen molar-refractivity contribution in [2.75, 3.05) is 12.1 Å². The lowest BCUT2D eigenvalue weighted by Crippen LogP contribution is -2.27. The van der Waals surface area contributed by atoms with Gasteiger partial charge in [0.1, 0.15) is 0 Å². The normalized spacial score (nSPS) is 15.5. The smallest absolute Gasteiger partial charge is 0.235 e. The van der Waals surface area contributed by atoms with Crippen LogP contribution in [0.5, 0.6) is 11.5 Å². The highest BCUT2D eigenvalue weighted by Gasteiger charge is 2.51. The minimum absolute atomic E-state index is 0.00277. The standard InChI is InChI=1S/C26H25NO4/c1-2-17-7-9-20(14-22(17)21-6-4-3-5-18(21)15-28)27-25(29)26(11-12-26)19-8-10-23-24(13-19)31-16-30-23/h3-10,13-14,28H,2,11-12,15-16H2,1H3,(H,27,29). The average Bonchev–Trinajstić information content (AvgIpc) is 3.50. The molecule has 1 aliphatic heterocycles. The van der Waals surface area contributed by atoms with Crippen LogP contribution in [0.1, 0.15) is 36.5 Å². The van der Waals surface area contributed by atoms with Gasteiger partial charge < -0.3 is 19.9 Å². The molecule has 1 fully saturated rings. The largest absolute Gasteiger partial charge is 0.454 e. The van der Waals surface area contributed by atoms with Crippen molar-refractivity contribution in [2.45, 2.75) is 38.2 Å². The Labute approximate surface area is 181 Å². The fraction of sp³-hybridized carbons (Fsp3) is 0.269. The first-order valence-corrected chi connectivity index (χ1v) is 10.7. The van der Waals surface area contributed by atoms with Crippen LogP contribution >= 0.6 is 0 Å². The van der Waals surface area contributed by atoms with E-state index in [0.29, 0.717) is 5.75 Å². The van der Waals surface area contributed by atoms with Gasteiger partial charge in [-0.1, -0.05) is 43.3 Å². The van der Waals surface area contributed by atoms with Gasteiger partial charge in [0.05, 0.1) is 12.0 Å². The maximum Gasteiger partial charge on any atom is 0.235 e. The van der Waals surface area contributed by atoms with E-state index < -0.39 is 5.41 Å². The van der Waals surface area contributed by atoms with Gasteiger partial charge in [-0.3, -0.25) is 4.79 Å². The van der Waals surface area contributed by atoms with Crippen LogP contribution in [0.4, 0.5) is 5.69 Å². The van der Waals surface area contributed by atoms with Crippen molar-refractivity contribution in [3.63, 3.8) is 0 Å². The Hall–Kier alpha value is -3.31. The Bertz CT molecular complexity index is 1150. The molecule has 0 aromatic heterocycles. The number of hydrogen-bond acceptors (Lipinski definition) is 4. The van der Waals surface area contributed by atoms with Crippen molar-refractivity contribution >= 4 is 11.6 Å². The van der Waals surface area contributed by atoms with Crippen molar-refractivity contribution in [1.82, 2.24) is 0 Å². The van der Waals surface area contributed by atoms with Crippen LogP contribution < -0.4 is 14.8 Å². The number of nitrogens with one attached hydrogen (secondary N) is 1. The molecular weight excluding hydrogens is 390 g/mol. The molecule has 0 radical (unpaired) electrons. The Morgan fingerprint density at radius 3 is 2.55 bits per heavy atom. The third-order valence-electron chi connectivity index (χ3n) is 6.34. The van der Waals surface area contributed by atoms with Gasteiger partial charge in [0.2, 0.25) is 12.7 Å². The molecule has 1 amide bonds. The van der Waals surface area contributed by atoms with Crippen molar-refractivity contribution in [2.24, 2.45) is 0 Å². The SMILES string of the molecule is CCc1ccc(NC(=O)C2(c3ccc4c(c3)OCO4)CC2)cc1-c1ccccc1CO. The van der Waals surface area contributed by atoms with E-state index in [1.807, 2.05) is 54.6 Å². The highest BCUT2D eigenvalue weighted by Crippen LogP contribution is 2.51. The predicted molar refractivity (Wildman–Crippen MR) is 119 cm³/mol. The topological polar surface area (TPSA) is 67.8 Å². The summed E-state index contributed by atoms with van der Waals surface area (Å²) in [6.07, 6.45) is 2.49. The first kappa shape index (κ1) is 19.6. The van der Waals surface area contributed by atoms with Gasteiger partial charge in [-0.25, -0.2) is 0 Å². The molecule has 5 nitrogen and oxygen atoms in total. The molecule has 2 aliphatic rings. The van der Waals surface area contributed by atoms with E-state index in [2.05, 4.69) is 18.3 Å². The summed E-state index contributed by atoms with van der Waals surface area (Å²) >= 11 is 0. The third kappa shape index (κ3) is 3.45. The number of carbonyl (C=O) groups is 1. The first-order chi connectivity index (χ1) is 15.1. The molecule has 1 aliphatic carbocycles. The van der Waals surface area contributed by atoms with Crippen LogP contribution in [-0.4, -0.2) is 17.8 Å². The van der Waals surface area contributed by atoms with Crippen molar-refractivity contribution < 1.29 is 19.4 Å². The zero-order valence-electron chi connectivity index (χ0n) is 17.5. The number of fused-ring (bicyclic) bond motifs is 1. The molecule has 1 saturated carbocycles. The van der Waals surface area contributed by atoms with E-state index in [-0.39, 0.29) is 19.3 Å². The summed E-state index contributed by atoms with van der Waals surface area (Å²) in [6.45, 7) is 2.31. The Kier molecular flexibility index (Phi) is 4.91. The second-order valence-electron chi connectivity index (χ2n) is 8.15. The molecule has 0 atom stereocenters. The minimum Gasteiger partial charge on any atom is -0.454 e. The molecule has 3 aromatic rings. The van der Waals surface area contributed by atoms with Crippen molar-refractivity contribution in [3.05, 3.63) is 77.4 Å². The quantitative estimate of drug-likeness (QED) is 0.606. The summed E-state index contributed by atoms with van der Waals surface area (Å²) in [6, 6.07) is 19.6. The number of hydrogen-bond donors (Lipinski definition) is 2. The van der Waals surface area contributed by atoms with Crippen molar-refractivity contribution in [3.8, 4) is 22.6 Å². The van der Waals surface area contributed by atoms with Crippen LogP contribution in [0.2, 0.25) is 0 Å². The monoisotopic (exact) mass is 415 g/mol. The van der Waals surface area contributed by atoms with Gasteiger partial charge >= 0.3 is 0 Å². The number of amides is 1. The Morgan fingerprint density at radius 2 is 1.77 bits per heavy atom. The molecule has 1 heterocycles. The van der Waals surface area contributed by atoms with Crippen LogP contribution in [-0.2, 0) is 23.2 Å². The number of anilines is 1. The number of carbonyl (C=O) groups excluding carboxylic acids is 1. The first-order valence-electron chi connectivity index (χ1n) is 10.7. The van der Waals surface area contributed by atoms with Crippen molar-refractivity contribution in [1.29, 1.82) is 0 Å². The Morgan fingerprint density at radius 1 is 0.968 bits per heavy atom. The lowest BCUT2D eigenvalue weighted by atomic mass is 9.92. The molecule has 5 rings (SSSR count). The van der Waals surface area contributed by atoms with Gasteiger partial charge in [-0.15, -0.1) is 0 Å². The number of aliphatic hydroxyl groups is 1. The maximum absolute atomic E-state index is 13.3. The Balaban J connectivity index is 1.44. The predicted octanol–water partition coefficient (Wildman–Crippen LogP) is 4.81. The number of aryl methyl sites for hydroxylation is 1. The van der Waals surface area contributed by atoms with Crippen LogP contribution in [0, 0.1) is 0 Å². The van der Waals surface area contributed by atoms with Gasteiger partial charge in [-0.05, 0) is 71.3 Å². The molecular formula is C26H25NO4. The zero-order chi connectivity index (χ0) is 21.4. The maximum atomic E-state index is 13.3. The number of aliphatic hydroxyl groups excluding tert-OH is 1. The number of ether oxygens (including phenoxy) is 2. The molecule has 0 unspecified atom stereocenters. The number of benzene rings is 3. The lowest BCUT2D eigenvalue weighted by Gasteiger charge is -2.18. The molecule has 0 saturated heterocycles. The highest BCUT2D eigenvalue weighted by atomic mass is 16.7. The molecule has 0 spiro atoms. The summed E-state index contributed by atoms with van der Waals surface area (Å²) in [7, 11) is 0. The summed E-state index contributed by atoms with van der Waals surface area (Å²) in [5, 5.41) is 12.9. The van der Waals surface area contributed by atoms with E-state index in [1.165, 1.54) is 5.56 Å². The van der Waals surface area contributed by atoms with Gasteiger partial charge in [-0.2, -0.15) is 0 Å². The van der Waals surface area contributed by atoms with E-state index >= 15 is 0 Å². The van der Waals surface area contributed by atoms with Crippen LogP contribution in [0.3, 0.4) is 0 Å². The highest BCUT2D eigenvalue weighted by molar-refractivity contribution is 6.02. The van der Waals surface area contributed by atoms with Gasteiger partial charge in [0, 0.05) is 5.69 Å². The second-order valence-corrected chi connectivity index (χ2v) is 8.15.